The van der Waals surface area contributed by atoms with E-state index in [4.69, 9.17) is 4.74 Å². The van der Waals surface area contributed by atoms with Crippen molar-refractivity contribution in [3.8, 4) is 0 Å². The zero-order valence-corrected chi connectivity index (χ0v) is 14.2. The van der Waals surface area contributed by atoms with Crippen LogP contribution >= 0.6 is 0 Å². The number of ether oxygens (including phenoxy) is 1. The molecular weight excluding hydrogens is 293 g/mol. The van der Waals surface area contributed by atoms with Crippen LogP contribution < -0.4 is 5.32 Å². The highest BCUT2D eigenvalue weighted by Gasteiger charge is 2.21. The van der Waals surface area contributed by atoms with Gasteiger partial charge in [0.15, 0.2) is 5.96 Å². The Balaban J connectivity index is 1.75. The SMILES string of the molecule is CCNC(=NCCc1cccc(F)c1)N(C)CCOCC1CC1. The Morgan fingerprint density at radius 3 is 2.96 bits per heavy atom. The van der Waals surface area contributed by atoms with Gasteiger partial charge in [-0.25, -0.2) is 4.39 Å². The predicted molar refractivity (Wildman–Crippen MR) is 92.3 cm³/mol. The maximum absolute atomic E-state index is 13.2. The van der Waals surface area contributed by atoms with E-state index in [0.717, 1.165) is 50.2 Å². The van der Waals surface area contributed by atoms with Gasteiger partial charge in [-0.3, -0.25) is 4.99 Å². The second-order valence-corrected chi connectivity index (χ2v) is 6.06. The van der Waals surface area contributed by atoms with Gasteiger partial charge in [0.1, 0.15) is 5.82 Å². The van der Waals surface area contributed by atoms with E-state index in [1.165, 1.54) is 18.9 Å². The Morgan fingerprint density at radius 2 is 2.26 bits per heavy atom. The van der Waals surface area contributed by atoms with Crippen LogP contribution in [0, 0.1) is 11.7 Å². The third kappa shape index (κ3) is 6.99. The van der Waals surface area contributed by atoms with Crippen molar-refractivity contribution >= 4 is 5.96 Å². The fourth-order valence-corrected chi connectivity index (χ4v) is 2.29. The molecule has 1 aliphatic rings. The van der Waals surface area contributed by atoms with Crippen LogP contribution in [0.25, 0.3) is 0 Å². The molecule has 1 fully saturated rings. The number of aliphatic imine (C=N–C) groups is 1. The van der Waals surface area contributed by atoms with Crippen molar-refractivity contribution in [3.05, 3.63) is 35.6 Å². The molecule has 5 heteroatoms. The van der Waals surface area contributed by atoms with Crippen LogP contribution in [0.15, 0.2) is 29.3 Å². The number of rotatable bonds is 9. The lowest BCUT2D eigenvalue weighted by atomic mass is 10.1. The summed E-state index contributed by atoms with van der Waals surface area (Å²) in [5, 5.41) is 3.29. The van der Waals surface area contributed by atoms with Crippen LogP contribution in [0.2, 0.25) is 0 Å². The van der Waals surface area contributed by atoms with Gasteiger partial charge in [-0.2, -0.15) is 0 Å². The van der Waals surface area contributed by atoms with E-state index in [1.807, 2.05) is 13.1 Å². The second kappa shape index (κ2) is 9.50. The van der Waals surface area contributed by atoms with Gasteiger partial charge in [0.05, 0.1) is 6.61 Å². The van der Waals surface area contributed by atoms with Crippen LogP contribution in [0.4, 0.5) is 4.39 Å². The second-order valence-electron chi connectivity index (χ2n) is 6.06. The van der Waals surface area contributed by atoms with Gasteiger partial charge in [0.2, 0.25) is 0 Å². The first-order chi connectivity index (χ1) is 11.2. The summed E-state index contributed by atoms with van der Waals surface area (Å²) in [5.41, 5.74) is 0.972. The van der Waals surface area contributed by atoms with E-state index in [2.05, 4.69) is 22.1 Å². The first-order valence-corrected chi connectivity index (χ1v) is 8.50. The van der Waals surface area contributed by atoms with Crippen LogP contribution in [-0.2, 0) is 11.2 Å². The zero-order valence-electron chi connectivity index (χ0n) is 14.2. The zero-order chi connectivity index (χ0) is 16.5. The smallest absolute Gasteiger partial charge is 0.193 e. The van der Waals surface area contributed by atoms with E-state index >= 15 is 0 Å². The summed E-state index contributed by atoms with van der Waals surface area (Å²) in [6.45, 7) is 5.95. The summed E-state index contributed by atoms with van der Waals surface area (Å²) in [4.78, 5) is 6.70. The van der Waals surface area contributed by atoms with Crippen molar-refractivity contribution in [1.82, 2.24) is 10.2 Å². The van der Waals surface area contributed by atoms with Gasteiger partial charge in [0.25, 0.3) is 0 Å². The van der Waals surface area contributed by atoms with E-state index in [0.29, 0.717) is 6.54 Å². The molecule has 2 rings (SSSR count). The Bertz CT molecular complexity index is 503. The molecule has 1 aromatic rings. The van der Waals surface area contributed by atoms with E-state index < -0.39 is 0 Å². The first-order valence-electron chi connectivity index (χ1n) is 8.50. The lowest BCUT2D eigenvalue weighted by Crippen LogP contribution is -2.40. The van der Waals surface area contributed by atoms with Crippen molar-refractivity contribution in [2.24, 2.45) is 10.9 Å². The van der Waals surface area contributed by atoms with Crippen LogP contribution in [0.3, 0.4) is 0 Å². The molecule has 0 aromatic heterocycles. The quantitative estimate of drug-likeness (QED) is 0.432. The third-order valence-electron chi connectivity index (χ3n) is 3.87. The van der Waals surface area contributed by atoms with Crippen LogP contribution in [0.5, 0.6) is 0 Å². The summed E-state index contributed by atoms with van der Waals surface area (Å²) in [5.74, 6) is 1.48. The summed E-state index contributed by atoms with van der Waals surface area (Å²) < 4.78 is 18.8. The highest BCUT2D eigenvalue weighted by Crippen LogP contribution is 2.28. The molecule has 1 saturated carbocycles. The first kappa shape index (κ1) is 17.7. The fourth-order valence-electron chi connectivity index (χ4n) is 2.29. The van der Waals surface area contributed by atoms with Gasteiger partial charge < -0.3 is 15.0 Å². The summed E-state index contributed by atoms with van der Waals surface area (Å²) in [6, 6.07) is 6.70. The van der Waals surface area contributed by atoms with Gasteiger partial charge in [-0.15, -0.1) is 0 Å². The van der Waals surface area contributed by atoms with Gasteiger partial charge in [0, 0.05) is 33.3 Å². The van der Waals surface area contributed by atoms with Crippen molar-refractivity contribution in [2.75, 3.05) is 39.9 Å². The van der Waals surface area contributed by atoms with Crippen LogP contribution in [-0.4, -0.2) is 50.8 Å². The van der Waals surface area contributed by atoms with Gasteiger partial charge in [-0.1, -0.05) is 12.1 Å². The van der Waals surface area contributed by atoms with Crippen LogP contribution in [0.1, 0.15) is 25.3 Å². The molecule has 128 valence electrons. The van der Waals surface area contributed by atoms with E-state index in [9.17, 15) is 4.39 Å². The molecule has 0 amide bonds. The Hall–Kier alpha value is -1.62. The molecule has 0 atom stereocenters. The van der Waals surface area contributed by atoms with E-state index in [1.54, 1.807) is 12.1 Å². The Kier molecular flexibility index (Phi) is 7.33. The van der Waals surface area contributed by atoms with Crippen molar-refractivity contribution < 1.29 is 9.13 Å². The number of hydrogen-bond acceptors (Lipinski definition) is 2. The standard InChI is InChI=1S/C18H28FN3O/c1-3-20-18(22(2)11-12-23-14-16-7-8-16)21-10-9-15-5-4-6-17(19)13-15/h4-6,13,16H,3,7-12,14H2,1-2H3,(H,20,21). The number of hydrogen-bond donors (Lipinski definition) is 1. The van der Waals surface area contributed by atoms with E-state index in [-0.39, 0.29) is 5.82 Å². The lowest BCUT2D eigenvalue weighted by molar-refractivity contribution is 0.115. The molecular formula is C18H28FN3O. The number of halogens is 1. The average Bonchev–Trinajstić information content (AvgIpc) is 3.35. The number of nitrogens with zero attached hydrogens (tertiary/aromatic N) is 2. The number of guanidine groups is 1. The number of likely N-dealkylation sites (N-methyl/N-ethyl adjacent to an activating group) is 1. The Labute approximate surface area is 138 Å². The number of nitrogens with one attached hydrogen (secondary N) is 1. The third-order valence-corrected chi connectivity index (χ3v) is 3.87. The average molecular weight is 321 g/mol. The molecule has 0 bridgehead atoms. The maximum Gasteiger partial charge on any atom is 0.193 e. The monoisotopic (exact) mass is 321 g/mol. The molecule has 0 aliphatic heterocycles. The molecule has 0 radical (unpaired) electrons. The molecule has 0 spiro atoms. The molecule has 0 unspecified atom stereocenters. The fraction of sp³-hybridized carbons (Fsp3) is 0.611. The highest BCUT2D eigenvalue weighted by atomic mass is 19.1. The molecule has 0 saturated heterocycles. The minimum Gasteiger partial charge on any atom is -0.379 e. The van der Waals surface area contributed by atoms with Crippen molar-refractivity contribution in [1.29, 1.82) is 0 Å². The summed E-state index contributed by atoms with van der Waals surface area (Å²) in [7, 11) is 2.02. The van der Waals surface area contributed by atoms with Crippen molar-refractivity contribution in [3.63, 3.8) is 0 Å². The van der Waals surface area contributed by atoms with Crippen molar-refractivity contribution in [2.45, 2.75) is 26.2 Å². The minimum atomic E-state index is -0.191. The minimum absolute atomic E-state index is 0.191. The Morgan fingerprint density at radius 1 is 1.43 bits per heavy atom. The topological polar surface area (TPSA) is 36.9 Å². The molecule has 23 heavy (non-hydrogen) atoms. The molecule has 1 N–H and O–H groups in total. The summed E-state index contributed by atoms with van der Waals surface area (Å²) in [6.07, 6.45) is 3.37. The number of benzene rings is 1. The lowest BCUT2D eigenvalue weighted by Gasteiger charge is -2.22. The van der Waals surface area contributed by atoms with Gasteiger partial charge in [-0.05, 0) is 49.8 Å². The normalized spacial score (nSPS) is 14.8. The largest absolute Gasteiger partial charge is 0.379 e. The van der Waals surface area contributed by atoms with Gasteiger partial charge >= 0.3 is 0 Å². The maximum atomic E-state index is 13.2. The summed E-state index contributed by atoms with van der Waals surface area (Å²) >= 11 is 0. The highest BCUT2D eigenvalue weighted by molar-refractivity contribution is 5.79. The molecule has 1 aromatic carbocycles. The molecule has 0 heterocycles. The molecule has 4 nitrogen and oxygen atoms in total. The predicted octanol–water partition coefficient (Wildman–Crippen LogP) is 2.69. The molecule has 1 aliphatic carbocycles.